The van der Waals surface area contributed by atoms with Crippen molar-refractivity contribution in [2.24, 2.45) is 0 Å². The maximum absolute atomic E-state index is 13.2. The van der Waals surface area contributed by atoms with E-state index in [1.807, 2.05) is 0 Å². The van der Waals surface area contributed by atoms with Gasteiger partial charge in [0.1, 0.15) is 11.3 Å². The second kappa shape index (κ2) is 4.31. The number of fused-ring (bicyclic) bond motifs is 1. The third-order valence-corrected chi connectivity index (χ3v) is 2.84. The summed E-state index contributed by atoms with van der Waals surface area (Å²) in [7, 11) is 0. The highest BCUT2D eigenvalue weighted by molar-refractivity contribution is 5.78. The van der Waals surface area contributed by atoms with E-state index in [2.05, 4.69) is 0 Å². The fraction of sp³-hybridized carbons (Fsp3) is 0. The van der Waals surface area contributed by atoms with E-state index >= 15 is 0 Å². The summed E-state index contributed by atoms with van der Waals surface area (Å²) in [5.41, 5.74) is 0.512. The quantitative estimate of drug-likeness (QED) is 0.665. The largest absolute Gasteiger partial charge is 0.456 e. The monoisotopic (exact) mass is 258 g/mol. The lowest BCUT2D eigenvalue weighted by Crippen LogP contribution is -2.00. The van der Waals surface area contributed by atoms with Gasteiger partial charge in [0, 0.05) is 11.6 Å². The van der Waals surface area contributed by atoms with Crippen LogP contribution in [-0.2, 0) is 0 Å². The van der Waals surface area contributed by atoms with Gasteiger partial charge in [0.05, 0.1) is 5.39 Å². The standard InChI is InChI=1S/C15H8F2O2/c16-11-6-5-9(7-12(11)17)15-8-13(18)10-3-1-2-4-14(10)19-15/h1-8H. The SMILES string of the molecule is O=c1cc(-c2ccc(F)c(F)c2)oc2ccccc12. The summed E-state index contributed by atoms with van der Waals surface area (Å²) in [6.45, 7) is 0. The molecule has 0 saturated heterocycles. The number of benzene rings is 2. The van der Waals surface area contributed by atoms with Crippen LogP contribution in [0, 0.1) is 11.6 Å². The smallest absolute Gasteiger partial charge is 0.193 e. The lowest BCUT2D eigenvalue weighted by Gasteiger charge is -2.03. The second-order valence-electron chi connectivity index (χ2n) is 4.10. The molecule has 0 saturated carbocycles. The van der Waals surface area contributed by atoms with Crippen LogP contribution < -0.4 is 5.43 Å². The Bertz CT molecular complexity index is 822. The van der Waals surface area contributed by atoms with Gasteiger partial charge in [-0.3, -0.25) is 4.79 Å². The molecule has 19 heavy (non-hydrogen) atoms. The summed E-state index contributed by atoms with van der Waals surface area (Å²) in [6.07, 6.45) is 0. The minimum Gasteiger partial charge on any atom is -0.456 e. The Morgan fingerprint density at radius 3 is 2.47 bits per heavy atom. The maximum Gasteiger partial charge on any atom is 0.193 e. The molecule has 94 valence electrons. The van der Waals surface area contributed by atoms with E-state index in [4.69, 9.17) is 4.42 Å². The third kappa shape index (κ3) is 2.01. The molecule has 3 rings (SSSR count). The van der Waals surface area contributed by atoms with E-state index in [1.54, 1.807) is 24.3 Å². The molecule has 0 radical (unpaired) electrons. The van der Waals surface area contributed by atoms with Gasteiger partial charge in [-0.05, 0) is 30.3 Å². The van der Waals surface area contributed by atoms with E-state index in [0.29, 0.717) is 16.5 Å². The number of rotatable bonds is 1. The minimum atomic E-state index is -0.978. The third-order valence-electron chi connectivity index (χ3n) is 2.84. The highest BCUT2D eigenvalue weighted by Gasteiger charge is 2.09. The Balaban J connectivity index is 2.25. The molecular weight excluding hydrogens is 250 g/mol. The highest BCUT2D eigenvalue weighted by Crippen LogP contribution is 2.23. The Kier molecular flexibility index (Phi) is 2.63. The average molecular weight is 258 g/mol. The van der Waals surface area contributed by atoms with Crippen LogP contribution in [0.3, 0.4) is 0 Å². The Hall–Kier alpha value is -2.49. The molecule has 0 spiro atoms. The van der Waals surface area contributed by atoms with Crippen LogP contribution in [0.15, 0.2) is 57.7 Å². The molecule has 1 heterocycles. The van der Waals surface area contributed by atoms with E-state index in [0.717, 1.165) is 12.1 Å². The summed E-state index contributed by atoms with van der Waals surface area (Å²) in [4.78, 5) is 11.9. The van der Waals surface area contributed by atoms with Crippen molar-refractivity contribution in [3.8, 4) is 11.3 Å². The molecule has 0 aliphatic rings. The van der Waals surface area contributed by atoms with Crippen LogP contribution in [0.2, 0.25) is 0 Å². The molecule has 4 heteroatoms. The lowest BCUT2D eigenvalue weighted by molar-refractivity contribution is 0.508. The summed E-state index contributed by atoms with van der Waals surface area (Å²) in [5.74, 6) is -1.71. The van der Waals surface area contributed by atoms with Crippen LogP contribution in [0.5, 0.6) is 0 Å². The van der Waals surface area contributed by atoms with E-state index in [-0.39, 0.29) is 11.2 Å². The highest BCUT2D eigenvalue weighted by atomic mass is 19.2. The number of halogens is 2. The number of para-hydroxylation sites is 1. The van der Waals surface area contributed by atoms with Gasteiger partial charge in [0.25, 0.3) is 0 Å². The number of hydrogen-bond donors (Lipinski definition) is 0. The van der Waals surface area contributed by atoms with Crippen molar-refractivity contribution in [2.45, 2.75) is 0 Å². The Labute approximate surface area is 106 Å². The van der Waals surface area contributed by atoms with E-state index < -0.39 is 11.6 Å². The molecule has 0 bridgehead atoms. The van der Waals surface area contributed by atoms with Crippen molar-refractivity contribution in [3.05, 3.63) is 70.4 Å². The Morgan fingerprint density at radius 2 is 1.68 bits per heavy atom. The fourth-order valence-corrected chi connectivity index (χ4v) is 1.90. The topological polar surface area (TPSA) is 30.2 Å². The first-order valence-corrected chi connectivity index (χ1v) is 5.63. The van der Waals surface area contributed by atoms with Gasteiger partial charge in [-0.15, -0.1) is 0 Å². The normalized spacial score (nSPS) is 10.8. The summed E-state index contributed by atoms with van der Waals surface area (Å²) >= 11 is 0. The van der Waals surface area contributed by atoms with Crippen molar-refractivity contribution >= 4 is 11.0 Å². The first kappa shape index (κ1) is 11.6. The molecule has 2 aromatic carbocycles. The lowest BCUT2D eigenvalue weighted by atomic mass is 10.1. The van der Waals surface area contributed by atoms with Crippen LogP contribution in [-0.4, -0.2) is 0 Å². The van der Waals surface area contributed by atoms with Crippen molar-refractivity contribution in [1.82, 2.24) is 0 Å². The van der Waals surface area contributed by atoms with Crippen LogP contribution >= 0.6 is 0 Å². The average Bonchev–Trinajstić information content (AvgIpc) is 2.42. The van der Waals surface area contributed by atoms with Gasteiger partial charge in [-0.25, -0.2) is 8.78 Å². The van der Waals surface area contributed by atoms with Crippen molar-refractivity contribution in [3.63, 3.8) is 0 Å². The van der Waals surface area contributed by atoms with E-state index in [9.17, 15) is 13.6 Å². The zero-order valence-corrected chi connectivity index (χ0v) is 9.69. The molecule has 2 nitrogen and oxygen atoms in total. The molecule has 0 atom stereocenters. The van der Waals surface area contributed by atoms with Crippen LogP contribution in [0.25, 0.3) is 22.3 Å². The molecule has 0 fully saturated rings. The predicted octanol–water partition coefficient (Wildman–Crippen LogP) is 3.74. The summed E-state index contributed by atoms with van der Waals surface area (Å²) in [6, 6.07) is 11.4. The first-order chi connectivity index (χ1) is 9.15. The van der Waals surface area contributed by atoms with Crippen LogP contribution in [0.1, 0.15) is 0 Å². The minimum absolute atomic E-state index is 0.211. The zero-order valence-electron chi connectivity index (χ0n) is 9.69. The molecule has 0 aliphatic carbocycles. The molecule has 0 unspecified atom stereocenters. The van der Waals surface area contributed by atoms with Gasteiger partial charge in [0.15, 0.2) is 17.1 Å². The van der Waals surface area contributed by atoms with Gasteiger partial charge in [0.2, 0.25) is 0 Å². The van der Waals surface area contributed by atoms with E-state index in [1.165, 1.54) is 12.1 Å². The van der Waals surface area contributed by atoms with Crippen molar-refractivity contribution in [2.75, 3.05) is 0 Å². The van der Waals surface area contributed by atoms with Crippen molar-refractivity contribution < 1.29 is 13.2 Å². The zero-order chi connectivity index (χ0) is 13.4. The van der Waals surface area contributed by atoms with Crippen molar-refractivity contribution in [1.29, 1.82) is 0 Å². The first-order valence-electron chi connectivity index (χ1n) is 5.63. The maximum atomic E-state index is 13.2. The molecule has 3 aromatic rings. The van der Waals surface area contributed by atoms with Gasteiger partial charge < -0.3 is 4.42 Å². The molecule has 0 aliphatic heterocycles. The molecule has 1 aromatic heterocycles. The fourth-order valence-electron chi connectivity index (χ4n) is 1.90. The van der Waals surface area contributed by atoms with Gasteiger partial charge in [-0.2, -0.15) is 0 Å². The summed E-state index contributed by atoms with van der Waals surface area (Å²) < 4.78 is 31.6. The van der Waals surface area contributed by atoms with Gasteiger partial charge in [-0.1, -0.05) is 12.1 Å². The Morgan fingerprint density at radius 1 is 0.895 bits per heavy atom. The second-order valence-corrected chi connectivity index (χ2v) is 4.10. The molecule has 0 amide bonds. The molecular formula is C15H8F2O2. The molecule has 0 N–H and O–H groups in total. The van der Waals surface area contributed by atoms with Gasteiger partial charge >= 0.3 is 0 Å². The predicted molar refractivity (Wildman–Crippen MR) is 67.8 cm³/mol. The van der Waals surface area contributed by atoms with Crippen LogP contribution in [0.4, 0.5) is 8.78 Å². The summed E-state index contributed by atoms with van der Waals surface area (Å²) in [5, 5.41) is 0.453. The number of hydrogen-bond acceptors (Lipinski definition) is 2.